The van der Waals surface area contributed by atoms with Crippen molar-refractivity contribution in [2.75, 3.05) is 49.7 Å². The normalized spacial score (nSPS) is 13.9. The number of nitrogens with one attached hydrogen (secondary N) is 1. The smallest absolute Gasteiger partial charge is 0.266 e. The van der Waals surface area contributed by atoms with E-state index in [0.29, 0.717) is 43.6 Å². The van der Waals surface area contributed by atoms with Crippen LogP contribution < -0.4 is 19.7 Å². The van der Waals surface area contributed by atoms with E-state index in [0.717, 1.165) is 48.7 Å². The third-order valence-corrected chi connectivity index (χ3v) is 5.99. The largest absolute Gasteiger partial charge is 0.492 e. The lowest BCUT2D eigenvalue weighted by Crippen LogP contribution is -2.36. The SMILES string of the molecule is CCCn1c(C)cc(/C=C(\C#N)C(=O)Nc2cc(OCC)c(N3CCOCC3)cc2OCC)c1C. The predicted octanol–water partition coefficient (Wildman–Crippen LogP) is 4.69. The lowest BCUT2D eigenvalue weighted by molar-refractivity contribution is -0.112. The molecule has 8 heteroatoms. The summed E-state index contributed by atoms with van der Waals surface area (Å²) in [6.45, 7) is 14.6. The highest BCUT2D eigenvalue weighted by atomic mass is 16.5. The van der Waals surface area contributed by atoms with Crippen molar-refractivity contribution in [3.63, 3.8) is 0 Å². The summed E-state index contributed by atoms with van der Waals surface area (Å²) in [5.74, 6) is 0.693. The maximum atomic E-state index is 13.2. The van der Waals surface area contributed by atoms with Gasteiger partial charge in [-0.2, -0.15) is 5.26 Å². The van der Waals surface area contributed by atoms with Crippen molar-refractivity contribution in [1.29, 1.82) is 5.26 Å². The summed E-state index contributed by atoms with van der Waals surface area (Å²) in [6, 6.07) is 7.73. The lowest BCUT2D eigenvalue weighted by Gasteiger charge is -2.31. The number of carbonyl (C=O) groups is 1. The van der Waals surface area contributed by atoms with Crippen molar-refractivity contribution in [3.05, 3.63) is 40.7 Å². The van der Waals surface area contributed by atoms with Crippen LogP contribution in [0.4, 0.5) is 11.4 Å². The zero-order valence-electron chi connectivity index (χ0n) is 21.4. The van der Waals surface area contributed by atoms with Crippen molar-refractivity contribution < 1.29 is 19.0 Å². The second-order valence-electron chi connectivity index (χ2n) is 8.38. The Bertz CT molecular complexity index is 1110. The highest BCUT2D eigenvalue weighted by Crippen LogP contribution is 2.39. The third-order valence-electron chi connectivity index (χ3n) is 5.99. The molecule has 0 atom stereocenters. The summed E-state index contributed by atoms with van der Waals surface area (Å²) in [6.07, 6.45) is 2.66. The summed E-state index contributed by atoms with van der Waals surface area (Å²) < 4.78 is 19.5. The number of carbonyl (C=O) groups excluding carboxylic acids is 1. The highest BCUT2D eigenvalue weighted by Gasteiger charge is 2.21. The van der Waals surface area contributed by atoms with Crippen LogP contribution in [0.25, 0.3) is 6.08 Å². The van der Waals surface area contributed by atoms with Crippen molar-refractivity contribution in [1.82, 2.24) is 4.57 Å². The van der Waals surface area contributed by atoms with Gasteiger partial charge >= 0.3 is 0 Å². The molecule has 1 aliphatic heterocycles. The number of amides is 1. The standard InChI is InChI=1S/C27H36N4O4/c1-6-9-31-19(4)14-21(20(31)5)15-22(18-28)27(32)29-23-16-26(35-8-3)24(17-25(23)34-7-2)30-10-12-33-13-11-30/h14-17H,6-13H2,1-5H3,(H,29,32)/b22-15+. The Hall–Kier alpha value is -3.44. The van der Waals surface area contributed by atoms with Gasteiger partial charge in [0.25, 0.3) is 5.91 Å². The molecule has 8 nitrogen and oxygen atoms in total. The van der Waals surface area contributed by atoms with Crippen LogP contribution in [0.3, 0.4) is 0 Å². The van der Waals surface area contributed by atoms with Gasteiger partial charge in [0, 0.05) is 43.2 Å². The van der Waals surface area contributed by atoms with Gasteiger partial charge in [-0.05, 0) is 51.8 Å². The first-order valence-corrected chi connectivity index (χ1v) is 12.3. The Morgan fingerprint density at radius 3 is 2.43 bits per heavy atom. The molecule has 1 aromatic heterocycles. The van der Waals surface area contributed by atoms with Crippen LogP contribution in [-0.2, 0) is 16.1 Å². The van der Waals surface area contributed by atoms with Crippen molar-refractivity contribution in [2.45, 2.75) is 47.6 Å². The van der Waals surface area contributed by atoms with Gasteiger partial charge in [0.05, 0.1) is 37.8 Å². The molecule has 2 heterocycles. The number of hydrogen-bond donors (Lipinski definition) is 1. The zero-order chi connectivity index (χ0) is 25.4. The number of benzene rings is 1. The molecule has 0 aliphatic carbocycles. The van der Waals surface area contributed by atoms with E-state index in [1.54, 1.807) is 12.1 Å². The van der Waals surface area contributed by atoms with Crippen LogP contribution in [-0.4, -0.2) is 50.0 Å². The molecule has 3 rings (SSSR count). The van der Waals surface area contributed by atoms with Gasteiger partial charge in [0.1, 0.15) is 23.1 Å². The molecule has 1 amide bonds. The third kappa shape index (κ3) is 6.17. The number of nitrogens with zero attached hydrogens (tertiary/aromatic N) is 3. The zero-order valence-corrected chi connectivity index (χ0v) is 21.4. The van der Waals surface area contributed by atoms with Gasteiger partial charge < -0.3 is 29.0 Å². The Morgan fingerprint density at radius 1 is 1.11 bits per heavy atom. The van der Waals surface area contributed by atoms with E-state index < -0.39 is 5.91 Å². The minimum absolute atomic E-state index is 0.0272. The van der Waals surface area contributed by atoms with E-state index in [2.05, 4.69) is 27.8 Å². The second kappa shape index (κ2) is 12.3. The number of aromatic nitrogens is 1. The van der Waals surface area contributed by atoms with Crippen molar-refractivity contribution in [2.24, 2.45) is 0 Å². The number of hydrogen-bond acceptors (Lipinski definition) is 6. The van der Waals surface area contributed by atoms with Gasteiger partial charge in [0.2, 0.25) is 0 Å². The maximum absolute atomic E-state index is 13.2. The predicted molar refractivity (Wildman–Crippen MR) is 138 cm³/mol. The van der Waals surface area contributed by atoms with Gasteiger partial charge in [-0.3, -0.25) is 4.79 Å². The van der Waals surface area contributed by atoms with E-state index in [1.807, 2.05) is 39.8 Å². The van der Waals surface area contributed by atoms with Crippen LogP contribution in [0.1, 0.15) is 44.1 Å². The second-order valence-corrected chi connectivity index (χ2v) is 8.38. The van der Waals surface area contributed by atoms with Crippen LogP contribution in [0.5, 0.6) is 11.5 Å². The molecule has 1 saturated heterocycles. The summed E-state index contributed by atoms with van der Waals surface area (Å²) in [7, 11) is 0. The van der Waals surface area contributed by atoms with Crippen molar-refractivity contribution in [3.8, 4) is 17.6 Å². The molecule has 0 spiro atoms. The lowest BCUT2D eigenvalue weighted by atomic mass is 10.1. The highest BCUT2D eigenvalue weighted by molar-refractivity contribution is 6.10. The number of morpholine rings is 1. The summed E-state index contributed by atoms with van der Waals surface area (Å²) in [5.41, 5.74) is 4.40. The summed E-state index contributed by atoms with van der Waals surface area (Å²) in [5, 5.41) is 12.6. The molecule has 1 aliphatic rings. The van der Waals surface area contributed by atoms with E-state index in [4.69, 9.17) is 14.2 Å². The number of aryl methyl sites for hydroxylation is 1. The Morgan fingerprint density at radius 2 is 1.80 bits per heavy atom. The molecule has 1 aromatic carbocycles. The molecule has 2 aromatic rings. The molecule has 0 radical (unpaired) electrons. The minimum atomic E-state index is -0.490. The van der Waals surface area contributed by atoms with Crippen LogP contribution in [0.15, 0.2) is 23.8 Å². The Kier molecular flexibility index (Phi) is 9.21. The number of nitriles is 1. The quantitative estimate of drug-likeness (QED) is 0.392. The van der Waals surface area contributed by atoms with Gasteiger partial charge in [-0.15, -0.1) is 0 Å². The van der Waals surface area contributed by atoms with E-state index in [-0.39, 0.29) is 5.57 Å². The molecule has 1 fully saturated rings. The molecule has 1 N–H and O–H groups in total. The maximum Gasteiger partial charge on any atom is 0.266 e. The van der Waals surface area contributed by atoms with E-state index in [1.165, 1.54) is 0 Å². The Balaban J connectivity index is 1.94. The van der Waals surface area contributed by atoms with Gasteiger partial charge in [-0.1, -0.05) is 6.92 Å². The molecule has 0 unspecified atom stereocenters. The Labute approximate surface area is 208 Å². The number of anilines is 2. The first-order chi connectivity index (χ1) is 16.9. The molecule has 0 saturated carbocycles. The minimum Gasteiger partial charge on any atom is -0.492 e. The summed E-state index contributed by atoms with van der Waals surface area (Å²) >= 11 is 0. The fourth-order valence-electron chi connectivity index (χ4n) is 4.28. The summed E-state index contributed by atoms with van der Waals surface area (Å²) in [4.78, 5) is 15.3. The fraction of sp³-hybridized carbons (Fsp3) is 0.481. The first kappa shape index (κ1) is 26.2. The van der Waals surface area contributed by atoms with E-state index >= 15 is 0 Å². The topological polar surface area (TPSA) is 88.8 Å². The fourth-order valence-corrected chi connectivity index (χ4v) is 4.28. The number of ether oxygens (including phenoxy) is 3. The molecule has 0 bridgehead atoms. The van der Waals surface area contributed by atoms with Crippen LogP contribution in [0.2, 0.25) is 0 Å². The van der Waals surface area contributed by atoms with E-state index in [9.17, 15) is 10.1 Å². The molecular formula is C27H36N4O4. The van der Waals surface area contributed by atoms with Crippen LogP contribution >= 0.6 is 0 Å². The number of rotatable bonds is 10. The van der Waals surface area contributed by atoms with Gasteiger partial charge in [0.15, 0.2) is 0 Å². The molecule has 35 heavy (non-hydrogen) atoms. The van der Waals surface area contributed by atoms with Gasteiger partial charge in [-0.25, -0.2) is 0 Å². The monoisotopic (exact) mass is 480 g/mol. The molecular weight excluding hydrogens is 444 g/mol. The first-order valence-electron chi connectivity index (χ1n) is 12.3. The average Bonchev–Trinajstić information content (AvgIpc) is 3.12. The van der Waals surface area contributed by atoms with Crippen molar-refractivity contribution >= 4 is 23.4 Å². The molecule has 188 valence electrons. The van der Waals surface area contributed by atoms with Crippen LogP contribution in [0, 0.1) is 25.2 Å². The average molecular weight is 481 g/mol.